The molecule has 2 rings (SSSR count). The lowest BCUT2D eigenvalue weighted by Crippen LogP contribution is -2.21. The first-order chi connectivity index (χ1) is 9.54. The molecule has 0 aliphatic rings. The number of halogens is 6. The number of hydrogen-bond donors (Lipinski definition) is 2. The van der Waals surface area contributed by atoms with Gasteiger partial charge in [-0.2, -0.15) is 26.3 Å². The summed E-state index contributed by atoms with van der Waals surface area (Å²) >= 11 is 0. The van der Waals surface area contributed by atoms with Gasteiger partial charge >= 0.3 is 12.4 Å². The van der Waals surface area contributed by atoms with Gasteiger partial charge in [0.2, 0.25) is 11.8 Å². The predicted molar refractivity (Wildman–Crippen MR) is 58.4 cm³/mol. The first kappa shape index (κ1) is 15.1. The van der Waals surface area contributed by atoms with Crippen LogP contribution in [0.1, 0.15) is 17.5 Å². The van der Waals surface area contributed by atoms with Crippen LogP contribution in [0.5, 0.6) is 0 Å². The van der Waals surface area contributed by atoms with Gasteiger partial charge in [-0.15, -0.1) is 0 Å². The summed E-state index contributed by atoms with van der Waals surface area (Å²) in [5.41, 5.74) is -2.70. The van der Waals surface area contributed by atoms with Gasteiger partial charge < -0.3 is 10.1 Å². The molecule has 10 heteroatoms. The van der Waals surface area contributed by atoms with Crippen molar-refractivity contribution in [1.82, 2.24) is 9.97 Å². The molecule has 2 N–H and O–H groups in total. The van der Waals surface area contributed by atoms with E-state index in [9.17, 15) is 26.3 Å². The van der Waals surface area contributed by atoms with Crippen molar-refractivity contribution >= 4 is 16.7 Å². The Morgan fingerprint density at radius 1 is 1.19 bits per heavy atom. The van der Waals surface area contributed by atoms with Crippen LogP contribution in [0.2, 0.25) is 0 Å². The van der Waals surface area contributed by atoms with Gasteiger partial charge in [0.25, 0.3) is 0 Å². The number of H-pyrrole nitrogens is 1. The molecule has 0 radical (unpaired) electrons. The van der Waals surface area contributed by atoms with Gasteiger partial charge in [0, 0.05) is 0 Å². The predicted octanol–water partition coefficient (Wildman–Crippen LogP) is 3.73. The van der Waals surface area contributed by atoms with Crippen LogP contribution in [-0.4, -0.2) is 21.3 Å². The average Bonchev–Trinajstić information content (AvgIpc) is 2.76. The van der Waals surface area contributed by atoms with Gasteiger partial charge in [-0.05, 0) is 12.1 Å². The Morgan fingerprint density at radius 3 is 2.29 bits per heavy atom. The average molecular weight is 309 g/mol. The van der Waals surface area contributed by atoms with Crippen molar-refractivity contribution in [1.29, 1.82) is 0 Å². The minimum absolute atomic E-state index is 0.271. The molecule has 0 saturated heterocycles. The van der Waals surface area contributed by atoms with Gasteiger partial charge in [-0.1, -0.05) is 0 Å². The Hall–Kier alpha value is -2.28. The number of alkyl halides is 6. The lowest BCUT2D eigenvalue weighted by Gasteiger charge is -2.11. The van der Waals surface area contributed by atoms with Crippen molar-refractivity contribution in [3.8, 4) is 0 Å². The number of nitrogens with zero attached hydrogens (tertiary/aromatic N) is 2. The van der Waals surface area contributed by atoms with Gasteiger partial charge in [0.15, 0.2) is 0 Å². The lowest BCUT2D eigenvalue weighted by atomic mass is 10.1. The van der Waals surface area contributed by atoms with E-state index in [2.05, 4.69) is 9.83 Å². The first-order valence-electron chi connectivity index (χ1n) is 5.27. The van der Waals surface area contributed by atoms with Crippen molar-refractivity contribution in [2.75, 3.05) is 0 Å². The molecule has 1 atom stereocenters. The summed E-state index contributed by atoms with van der Waals surface area (Å²) in [5, 5.41) is 9.01. The van der Waals surface area contributed by atoms with Gasteiger partial charge in [-0.25, -0.2) is 9.83 Å². The maximum atomic E-state index is 12.7. The smallest absolute Gasteiger partial charge is 0.377 e. The van der Waals surface area contributed by atoms with Crippen molar-refractivity contribution in [3.05, 3.63) is 34.9 Å². The molecule has 1 heterocycles. The molecule has 0 fully saturated rings. The Labute approximate surface area is 112 Å². The molecule has 1 aromatic carbocycles. The van der Waals surface area contributed by atoms with E-state index in [0.29, 0.717) is 12.1 Å². The summed E-state index contributed by atoms with van der Waals surface area (Å²) in [6, 6.07) is 1.20. The molecule has 2 aromatic rings. The van der Waals surface area contributed by atoms with E-state index in [-0.39, 0.29) is 11.0 Å². The third kappa shape index (κ3) is 2.78. The van der Waals surface area contributed by atoms with Crippen LogP contribution in [0.15, 0.2) is 12.1 Å². The van der Waals surface area contributed by atoms with Crippen LogP contribution in [0, 0.1) is 6.57 Å². The first-order valence-corrected chi connectivity index (χ1v) is 5.27. The standard InChI is InChI=1S/C11H5F6N3O/c1-18-5-3-7-6(2-4(5)10(12,13)14)19-9(20-7)8(21)11(15,16)17/h2-3,8,21H,(H,19,20). The number of imidazole rings is 1. The van der Waals surface area contributed by atoms with Crippen LogP contribution in [0.4, 0.5) is 32.0 Å². The zero-order chi connectivity index (χ0) is 16.0. The molecule has 1 aromatic heterocycles. The van der Waals surface area contributed by atoms with Crippen LogP contribution in [0.3, 0.4) is 0 Å². The van der Waals surface area contributed by atoms with E-state index in [0.717, 1.165) is 0 Å². The second-order valence-electron chi connectivity index (χ2n) is 4.06. The topological polar surface area (TPSA) is 53.3 Å². The number of fused-ring (bicyclic) bond motifs is 1. The maximum absolute atomic E-state index is 12.7. The number of aliphatic hydroxyl groups is 1. The van der Waals surface area contributed by atoms with Crippen molar-refractivity contribution in [2.24, 2.45) is 0 Å². The summed E-state index contributed by atoms with van der Waals surface area (Å²) in [5.74, 6) is -0.937. The Bertz CT molecular complexity index is 724. The van der Waals surface area contributed by atoms with Crippen molar-refractivity contribution < 1.29 is 31.4 Å². The zero-order valence-electron chi connectivity index (χ0n) is 9.84. The fourth-order valence-electron chi connectivity index (χ4n) is 1.67. The van der Waals surface area contributed by atoms with Crippen molar-refractivity contribution in [2.45, 2.75) is 18.5 Å². The monoisotopic (exact) mass is 309 g/mol. The summed E-state index contributed by atoms with van der Waals surface area (Å²) in [4.78, 5) is 8.04. The number of aromatic amines is 1. The molecule has 0 amide bonds. The molecule has 0 saturated carbocycles. The van der Waals surface area contributed by atoms with Gasteiger partial charge in [0.1, 0.15) is 5.82 Å². The van der Waals surface area contributed by atoms with E-state index in [4.69, 9.17) is 11.7 Å². The summed E-state index contributed by atoms with van der Waals surface area (Å²) in [6.07, 6.45) is -12.8. The lowest BCUT2D eigenvalue weighted by molar-refractivity contribution is -0.208. The van der Waals surface area contributed by atoms with Crippen LogP contribution >= 0.6 is 0 Å². The molecule has 1 unspecified atom stereocenters. The molecular weight excluding hydrogens is 304 g/mol. The molecule has 0 aliphatic heterocycles. The molecule has 0 aliphatic carbocycles. The van der Waals surface area contributed by atoms with Crippen LogP contribution < -0.4 is 0 Å². The number of rotatable bonds is 1. The van der Waals surface area contributed by atoms with Gasteiger partial charge in [-0.3, -0.25) is 0 Å². The van der Waals surface area contributed by atoms with E-state index in [1.165, 1.54) is 0 Å². The normalized spacial score (nSPS) is 14.2. The fraction of sp³-hybridized carbons (Fsp3) is 0.273. The molecular formula is C11H5F6N3O. The highest BCUT2D eigenvalue weighted by Crippen LogP contribution is 2.39. The highest BCUT2D eigenvalue weighted by Gasteiger charge is 2.42. The number of hydrogen-bond acceptors (Lipinski definition) is 2. The Morgan fingerprint density at radius 2 is 1.81 bits per heavy atom. The molecule has 0 spiro atoms. The Balaban J connectivity index is 2.62. The molecule has 4 nitrogen and oxygen atoms in total. The van der Waals surface area contributed by atoms with E-state index < -0.39 is 35.5 Å². The minimum atomic E-state index is -5.01. The summed E-state index contributed by atoms with van der Waals surface area (Å²) < 4.78 is 75.1. The van der Waals surface area contributed by atoms with Crippen LogP contribution in [0.25, 0.3) is 15.9 Å². The van der Waals surface area contributed by atoms with Crippen LogP contribution in [-0.2, 0) is 6.18 Å². The molecule has 112 valence electrons. The largest absolute Gasteiger partial charge is 0.421 e. The van der Waals surface area contributed by atoms with E-state index in [1.54, 1.807) is 0 Å². The highest BCUT2D eigenvalue weighted by atomic mass is 19.4. The quantitative estimate of drug-likeness (QED) is 0.623. The van der Waals surface area contributed by atoms with Gasteiger partial charge in [0.05, 0.1) is 23.2 Å². The third-order valence-electron chi connectivity index (χ3n) is 2.61. The molecule has 21 heavy (non-hydrogen) atoms. The van der Waals surface area contributed by atoms with E-state index in [1.807, 2.05) is 4.98 Å². The molecule has 0 bridgehead atoms. The summed E-state index contributed by atoms with van der Waals surface area (Å²) in [6.45, 7) is 6.69. The number of aliphatic hydroxyl groups excluding tert-OH is 1. The minimum Gasteiger partial charge on any atom is -0.377 e. The number of aromatic nitrogens is 2. The highest BCUT2D eigenvalue weighted by molar-refractivity contribution is 5.82. The van der Waals surface area contributed by atoms with Crippen molar-refractivity contribution in [3.63, 3.8) is 0 Å². The second kappa shape index (κ2) is 4.63. The second-order valence-corrected chi connectivity index (χ2v) is 4.06. The SMILES string of the molecule is [C-]#[N+]c1cc2nc(C(O)C(F)(F)F)[nH]c2cc1C(F)(F)F. The Kier molecular flexibility index (Phi) is 3.33. The van der Waals surface area contributed by atoms with E-state index >= 15 is 0 Å². The number of nitrogens with one attached hydrogen (secondary N) is 1. The third-order valence-corrected chi connectivity index (χ3v) is 2.61. The fourth-order valence-corrected chi connectivity index (χ4v) is 1.67. The zero-order valence-corrected chi connectivity index (χ0v) is 9.84. The number of benzene rings is 1. The maximum Gasteiger partial charge on any atom is 0.421 e. The summed E-state index contributed by atoms with van der Waals surface area (Å²) in [7, 11) is 0.